The highest BCUT2D eigenvalue weighted by atomic mass is 19.2. The predicted molar refractivity (Wildman–Crippen MR) is 137 cm³/mol. The van der Waals surface area contributed by atoms with Gasteiger partial charge in [-0.25, -0.2) is 13.6 Å². The summed E-state index contributed by atoms with van der Waals surface area (Å²) in [6, 6.07) is 14.3. The quantitative estimate of drug-likeness (QED) is 0.215. The van der Waals surface area contributed by atoms with Crippen LogP contribution in [0.5, 0.6) is 5.75 Å². The molecule has 0 bridgehead atoms. The zero-order valence-corrected chi connectivity index (χ0v) is 21.1. The van der Waals surface area contributed by atoms with Crippen LogP contribution < -0.4 is 4.74 Å². The third kappa shape index (κ3) is 10.4. The van der Waals surface area contributed by atoms with E-state index in [9.17, 15) is 18.7 Å². The van der Waals surface area contributed by atoms with E-state index in [1.807, 2.05) is 37.3 Å². The van der Waals surface area contributed by atoms with Gasteiger partial charge in [0.25, 0.3) is 0 Å². The maximum atomic E-state index is 14.1. The lowest BCUT2D eigenvalue weighted by atomic mass is 10.00. The van der Waals surface area contributed by atoms with Crippen LogP contribution in [0, 0.1) is 0 Å². The molecule has 2 aromatic rings. The summed E-state index contributed by atoms with van der Waals surface area (Å²) in [6.45, 7) is 4.30. The molecule has 0 aliphatic carbocycles. The number of carboxylic acids is 1. The van der Waals surface area contributed by atoms with Crippen LogP contribution in [0.15, 0.2) is 48.5 Å². The van der Waals surface area contributed by atoms with Crippen molar-refractivity contribution in [3.8, 4) is 16.9 Å². The minimum Gasteiger partial charge on any atom is -0.494 e. The fraction of sp³-hybridized carbons (Fsp3) is 0.552. The largest absolute Gasteiger partial charge is 0.494 e. The average Bonchev–Trinajstić information content (AvgIpc) is 2.87. The molecule has 194 valence electrons. The Balaban J connectivity index is 1.83. The Kier molecular flexibility index (Phi) is 13.4. The lowest BCUT2D eigenvalue weighted by Crippen LogP contribution is -2.26. The Morgan fingerprint density at radius 2 is 1.57 bits per heavy atom. The summed E-state index contributed by atoms with van der Waals surface area (Å²) in [7, 11) is 0. The average molecular weight is 491 g/mol. The molecule has 0 aromatic heterocycles. The van der Waals surface area contributed by atoms with Crippen molar-refractivity contribution in [2.75, 3.05) is 13.2 Å². The van der Waals surface area contributed by atoms with Gasteiger partial charge in [-0.05, 0) is 55.0 Å². The fourth-order valence-corrected chi connectivity index (χ4v) is 4.05. The summed E-state index contributed by atoms with van der Waals surface area (Å²) < 4.78 is 39.5. The van der Waals surface area contributed by atoms with Gasteiger partial charge in [0.05, 0.1) is 24.9 Å². The van der Waals surface area contributed by atoms with E-state index in [0.717, 1.165) is 50.5 Å². The van der Waals surface area contributed by atoms with Crippen molar-refractivity contribution in [2.24, 2.45) is 0 Å². The van der Waals surface area contributed by atoms with Crippen LogP contribution in [0.3, 0.4) is 0 Å². The first-order valence-corrected chi connectivity index (χ1v) is 12.9. The van der Waals surface area contributed by atoms with Gasteiger partial charge in [0.15, 0.2) is 6.17 Å². The molecule has 2 rings (SSSR count). The number of alkyl halides is 2. The van der Waals surface area contributed by atoms with Gasteiger partial charge in [0.2, 0.25) is 0 Å². The molecule has 0 heterocycles. The van der Waals surface area contributed by atoms with Crippen LogP contribution in [-0.4, -0.2) is 42.7 Å². The van der Waals surface area contributed by atoms with E-state index in [1.54, 1.807) is 18.2 Å². The van der Waals surface area contributed by atoms with E-state index in [-0.39, 0.29) is 24.7 Å². The number of carboxylic acid groups (broad SMARTS) is 1. The Bertz CT molecular complexity index is 856. The van der Waals surface area contributed by atoms with Crippen molar-refractivity contribution < 1.29 is 28.2 Å². The molecule has 0 spiro atoms. The molecule has 0 aliphatic rings. The highest BCUT2D eigenvalue weighted by molar-refractivity contribution is 5.96. The van der Waals surface area contributed by atoms with Crippen LogP contribution in [0.4, 0.5) is 8.78 Å². The fourth-order valence-electron chi connectivity index (χ4n) is 4.05. The maximum Gasteiger partial charge on any atom is 0.336 e. The van der Waals surface area contributed by atoms with Crippen LogP contribution in [-0.2, 0) is 4.74 Å². The molecule has 3 atom stereocenters. The second-order valence-corrected chi connectivity index (χ2v) is 8.99. The van der Waals surface area contributed by atoms with Crippen LogP contribution in [0.2, 0.25) is 0 Å². The highest BCUT2D eigenvalue weighted by Gasteiger charge is 2.21. The molecule has 4 nitrogen and oxygen atoms in total. The number of hydrogen-bond acceptors (Lipinski definition) is 3. The Morgan fingerprint density at radius 1 is 0.857 bits per heavy atom. The smallest absolute Gasteiger partial charge is 0.336 e. The topological polar surface area (TPSA) is 55.8 Å². The molecule has 0 saturated carbocycles. The zero-order chi connectivity index (χ0) is 25.5. The van der Waals surface area contributed by atoms with E-state index in [2.05, 4.69) is 6.92 Å². The van der Waals surface area contributed by atoms with E-state index in [0.29, 0.717) is 24.3 Å². The number of aromatic carboxylic acids is 1. The number of halogens is 2. The normalized spacial score (nSPS) is 13.8. The summed E-state index contributed by atoms with van der Waals surface area (Å²) >= 11 is 0. The molecule has 6 heteroatoms. The molecule has 0 radical (unpaired) electrons. The SMILES string of the molecule is CCCCCCC(CCCOc1ccc(-c2ccccc2C(=O)O)cc1)OC[C@@H](F)[C@H](F)CCC. The van der Waals surface area contributed by atoms with Gasteiger partial charge in [-0.1, -0.05) is 76.3 Å². The summed E-state index contributed by atoms with van der Waals surface area (Å²) in [5.74, 6) is -0.260. The number of carbonyl (C=O) groups is 1. The third-order valence-electron chi connectivity index (χ3n) is 6.09. The number of hydrogen-bond donors (Lipinski definition) is 1. The molecule has 0 saturated heterocycles. The van der Waals surface area contributed by atoms with Crippen LogP contribution in [0.1, 0.15) is 82.0 Å². The van der Waals surface area contributed by atoms with Gasteiger partial charge in [0, 0.05) is 0 Å². The Labute approximate surface area is 208 Å². The van der Waals surface area contributed by atoms with E-state index in [1.165, 1.54) is 0 Å². The standard InChI is InChI=1S/C29H40F2O4/c1-3-5-6-7-12-23(35-21-28(31)27(30)11-4-2)13-10-20-34-24-18-16-22(17-19-24)25-14-8-9-15-26(25)29(32)33/h8-9,14-19,23,27-28H,3-7,10-13,20-21H2,1-2H3,(H,32,33)/t23?,27-,28-/m1/s1. The predicted octanol–water partition coefficient (Wildman–Crippen LogP) is 8.04. The van der Waals surface area contributed by atoms with Crippen molar-refractivity contribution in [3.63, 3.8) is 0 Å². The van der Waals surface area contributed by atoms with Gasteiger partial charge in [0.1, 0.15) is 11.9 Å². The van der Waals surface area contributed by atoms with Gasteiger partial charge >= 0.3 is 5.97 Å². The highest BCUT2D eigenvalue weighted by Crippen LogP contribution is 2.26. The lowest BCUT2D eigenvalue weighted by Gasteiger charge is -2.21. The molecule has 0 aliphatic heterocycles. The Morgan fingerprint density at radius 3 is 2.26 bits per heavy atom. The van der Waals surface area contributed by atoms with Gasteiger partial charge < -0.3 is 14.6 Å². The summed E-state index contributed by atoms with van der Waals surface area (Å²) in [5.41, 5.74) is 1.73. The zero-order valence-electron chi connectivity index (χ0n) is 21.1. The summed E-state index contributed by atoms with van der Waals surface area (Å²) in [5, 5.41) is 9.40. The van der Waals surface area contributed by atoms with E-state index < -0.39 is 18.3 Å². The molecule has 0 fully saturated rings. The van der Waals surface area contributed by atoms with Crippen molar-refractivity contribution >= 4 is 5.97 Å². The molecule has 1 N–H and O–H groups in total. The van der Waals surface area contributed by atoms with Gasteiger partial charge in [-0.15, -0.1) is 0 Å². The monoisotopic (exact) mass is 490 g/mol. The van der Waals surface area contributed by atoms with E-state index in [4.69, 9.17) is 9.47 Å². The van der Waals surface area contributed by atoms with Gasteiger partial charge in [-0.2, -0.15) is 0 Å². The second kappa shape index (κ2) is 16.2. The Hall–Kier alpha value is -2.47. The summed E-state index contributed by atoms with van der Waals surface area (Å²) in [6.07, 6.45) is 4.46. The van der Waals surface area contributed by atoms with Crippen molar-refractivity contribution in [1.29, 1.82) is 0 Å². The van der Waals surface area contributed by atoms with E-state index >= 15 is 0 Å². The van der Waals surface area contributed by atoms with Crippen LogP contribution >= 0.6 is 0 Å². The first kappa shape index (κ1) is 28.8. The minimum absolute atomic E-state index is 0.0996. The summed E-state index contributed by atoms with van der Waals surface area (Å²) in [4.78, 5) is 11.5. The first-order valence-electron chi connectivity index (χ1n) is 12.9. The number of benzene rings is 2. The minimum atomic E-state index is -1.57. The molecular weight excluding hydrogens is 450 g/mol. The second-order valence-electron chi connectivity index (χ2n) is 8.99. The first-order chi connectivity index (χ1) is 17.0. The molecule has 35 heavy (non-hydrogen) atoms. The molecule has 2 aromatic carbocycles. The molecular formula is C29H40F2O4. The lowest BCUT2D eigenvalue weighted by molar-refractivity contribution is -0.0155. The van der Waals surface area contributed by atoms with Gasteiger partial charge in [-0.3, -0.25) is 0 Å². The number of rotatable bonds is 18. The van der Waals surface area contributed by atoms with Crippen molar-refractivity contribution in [2.45, 2.75) is 90.1 Å². The molecule has 0 amide bonds. The van der Waals surface area contributed by atoms with Crippen molar-refractivity contribution in [3.05, 3.63) is 54.1 Å². The number of ether oxygens (including phenoxy) is 2. The van der Waals surface area contributed by atoms with Crippen molar-refractivity contribution in [1.82, 2.24) is 0 Å². The number of unbranched alkanes of at least 4 members (excludes halogenated alkanes) is 3. The maximum absolute atomic E-state index is 14.1. The molecule has 1 unspecified atom stereocenters. The van der Waals surface area contributed by atoms with Crippen LogP contribution in [0.25, 0.3) is 11.1 Å². The third-order valence-corrected chi connectivity index (χ3v) is 6.09.